The van der Waals surface area contributed by atoms with Crippen molar-refractivity contribution < 1.29 is 60.8 Å². The Balaban J connectivity index is 0.000000123. The maximum atomic E-state index is 14.2. The van der Waals surface area contributed by atoms with Crippen molar-refractivity contribution in [1.29, 1.82) is 0 Å². The lowest BCUT2D eigenvalue weighted by atomic mass is 10.1. The number of carbonyl (C=O) groups is 5. The van der Waals surface area contributed by atoms with Gasteiger partial charge in [0, 0.05) is 127 Å². The number of aryl methyl sites for hydroxylation is 2. The smallest absolute Gasteiger partial charge is 0.252 e. The second-order valence-corrected chi connectivity index (χ2v) is 29.4. The highest BCUT2D eigenvalue weighted by Crippen LogP contribution is 2.35. The largest absolute Gasteiger partial charge is 0.478 e. The van der Waals surface area contributed by atoms with Crippen LogP contribution in [0.3, 0.4) is 0 Å². The molecule has 0 aliphatic carbocycles. The van der Waals surface area contributed by atoms with Crippen molar-refractivity contribution in [2.75, 3.05) is 121 Å². The molecule has 44 heteroatoms. The molecule has 0 atom stereocenters. The van der Waals surface area contributed by atoms with E-state index in [4.69, 9.17) is 35.3 Å². The van der Waals surface area contributed by atoms with E-state index in [-0.39, 0.29) is 91.7 Å². The van der Waals surface area contributed by atoms with Gasteiger partial charge in [-0.3, -0.25) is 24.0 Å². The summed E-state index contributed by atoms with van der Waals surface area (Å²) in [5.41, 5.74) is 6.23. The van der Waals surface area contributed by atoms with Gasteiger partial charge in [0.25, 0.3) is 5.88 Å². The van der Waals surface area contributed by atoms with Gasteiger partial charge in [0.1, 0.15) is 81.4 Å². The summed E-state index contributed by atoms with van der Waals surface area (Å²) in [4.78, 5) is 107. The Morgan fingerprint density at radius 3 is 1.06 bits per heavy atom. The number of hydrogen-bond donors (Lipinski definition) is 10. The number of hydrogen-bond acceptors (Lipinski definition) is 35. The SMILES string of the molecule is C.CNc1cc2nc3c(cnn13)C(=O)CCCOc1ccc(Cl)c(n1)N2.CNc1cc2nc3c(cnn13)C(=O)CCCOc1ccc(F)c(n1)N2.CNc1cc2nc3c(cnn13)C(=O)CCCOc1nc(cc(C)c1F)N2.CNc1cc2nc3c(cnn13)C(=O)CCCOc1nc(cc(F)c1C)N2.CNc1cc2nc3c(cnn13)C(=O)CCCOc1nc(ccc1C)N2. The number of ketones is 5. The molecule has 40 nitrogen and oxygen atoms in total. The first-order chi connectivity index (χ1) is 61.6. The number of nitrogens with zero attached hydrogens (tertiary/aromatic N) is 20. The molecule has 15 aromatic heterocycles. The molecule has 10 N–H and O–H groups in total. The summed E-state index contributed by atoms with van der Waals surface area (Å²) in [6.07, 6.45) is 11.8. The summed E-state index contributed by atoms with van der Waals surface area (Å²) in [6.45, 7) is 6.76. The number of nitrogens with one attached hydrogen (secondary N) is 10. The molecule has 660 valence electrons. The Bertz CT molecular complexity index is 6480. The minimum atomic E-state index is -0.528. The van der Waals surface area contributed by atoms with Gasteiger partial charge in [0.15, 0.2) is 80.4 Å². The Kier molecular flexibility index (Phi) is 26.0. The van der Waals surface area contributed by atoms with E-state index in [2.05, 4.69) is 129 Å². The summed E-state index contributed by atoms with van der Waals surface area (Å²) in [7, 11) is 8.79. The molecule has 0 radical (unpaired) electrons. The number of anilines is 15. The van der Waals surface area contributed by atoms with E-state index in [0.29, 0.717) is 225 Å². The molecule has 5 aliphatic rings. The van der Waals surface area contributed by atoms with Crippen molar-refractivity contribution in [1.82, 2.24) is 97.9 Å². The van der Waals surface area contributed by atoms with Gasteiger partial charge in [0.2, 0.25) is 23.5 Å². The molecule has 0 amide bonds. The lowest BCUT2D eigenvalue weighted by Crippen LogP contribution is -2.06. The fourth-order valence-electron chi connectivity index (χ4n) is 13.8. The van der Waals surface area contributed by atoms with E-state index in [1.54, 1.807) is 122 Å². The van der Waals surface area contributed by atoms with E-state index >= 15 is 0 Å². The third-order valence-corrected chi connectivity index (χ3v) is 20.6. The number of ether oxygens (including phenoxy) is 5. The molecule has 20 heterocycles. The van der Waals surface area contributed by atoms with Crippen LogP contribution in [0.5, 0.6) is 29.4 Å². The lowest BCUT2D eigenvalue weighted by Gasteiger charge is -2.12. The molecule has 128 heavy (non-hydrogen) atoms. The van der Waals surface area contributed by atoms with Gasteiger partial charge in [-0.15, -0.1) is 0 Å². The van der Waals surface area contributed by atoms with Crippen molar-refractivity contribution in [2.45, 2.75) is 92.4 Å². The van der Waals surface area contributed by atoms with Gasteiger partial charge in [-0.25, -0.2) is 38.1 Å². The number of Topliss-reactive ketones (excluding diaryl/α,β-unsaturated/α-hetero) is 5. The van der Waals surface area contributed by atoms with Gasteiger partial charge < -0.3 is 76.9 Å². The number of fused-ring (bicyclic) bond motifs is 15. The molecule has 0 fully saturated rings. The van der Waals surface area contributed by atoms with E-state index in [0.717, 1.165) is 11.4 Å². The van der Waals surface area contributed by atoms with Crippen molar-refractivity contribution in [3.8, 4) is 29.4 Å². The number of rotatable bonds is 5. The first kappa shape index (κ1) is 87.2. The summed E-state index contributed by atoms with van der Waals surface area (Å²) >= 11 is 6.22. The second-order valence-electron chi connectivity index (χ2n) is 29.0. The Morgan fingerprint density at radius 1 is 0.336 bits per heavy atom. The third kappa shape index (κ3) is 18.7. The van der Waals surface area contributed by atoms with Crippen molar-refractivity contribution in [3.05, 3.63) is 177 Å². The van der Waals surface area contributed by atoms with Gasteiger partial charge in [0.05, 0.1) is 96.9 Å². The van der Waals surface area contributed by atoms with E-state index in [1.165, 1.54) is 41.3 Å². The predicted octanol–water partition coefficient (Wildman–Crippen LogP) is 14.0. The van der Waals surface area contributed by atoms with Crippen LogP contribution >= 0.6 is 11.6 Å². The summed E-state index contributed by atoms with van der Waals surface area (Å²) in [5.74, 6) is 7.03. The average Bonchev–Trinajstić information content (AvgIpc) is 1.65. The average molecular weight is 1770 g/mol. The fourth-order valence-corrected chi connectivity index (χ4v) is 14.0. The van der Waals surface area contributed by atoms with Gasteiger partial charge in [-0.1, -0.05) is 25.1 Å². The van der Waals surface area contributed by atoms with Crippen molar-refractivity contribution in [2.24, 2.45) is 0 Å². The van der Waals surface area contributed by atoms with E-state index in [1.807, 2.05) is 25.1 Å². The zero-order valence-electron chi connectivity index (χ0n) is 69.5. The standard InChI is InChI=1S/2C17H17FN6O2.C17H18N6O2.C16H15ClN6O2.C16H15FN6O2.CH4/c1-9-11(18)6-13-21-14-7-15(19-2)24-16(22-14)10(8-20-24)12(25)4-3-5-26-17(9)23-13;1-9-6-12-21-13-7-14(19-2)24-16(22-13)10(8-20-24)11(25)4-3-5-26-17(23-12)15(9)18;1-10-5-6-13-20-14-8-15(18-2)23-16(21-14)11(9-19-23)12(24)4-3-7-25-17(10)22-13;2*1-18-13-7-12-20-15-10(17)4-5-14(22-15)25-6-2-3-11(24)9-8-19-23(13)16(9)21-12;/h2*6-8,19H,3-5H2,1-2H3,(H,21,22,23);5-6,8-9,18H,3-4,7H2,1-2H3,(H,20,21,22);2*4-5,7-8,18H,2-3,6H2,1H3,(H,20,21,22);1H4. The summed E-state index contributed by atoms with van der Waals surface area (Å²) in [6, 6.07) is 21.5. The minimum Gasteiger partial charge on any atom is -0.478 e. The highest BCUT2D eigenvalue weighted by Gasteiger charge is 2.27. The molecule has 0 saturated carbocycles. The Morgan fingerprint density at radius 2 is 0.656 bits per heavy atom. The minimum absolute atomic E-state index is 0. The topological polar surface area (TPSA) is 467 Å². The molecule has 20 rings (SSSR count). The van der Waals surface area contributed by atoms with Crippen molar-refractivity contribution >= 4 is 156 Å². The zero-order chi connectivity index (χ0) is 88.7. The van der Waals surface area contributed by atoms with Crippen LogP contribution < -0.4 is 76.9 Å². The van der Waals surface area contributed by atoms with Crippen LogP contribution in [0.15, 0.2) is 110 Å². The maximum Gasteiger partial charge on any atom is 0.252 e. The van der Waals surface area contributed by atoms with Gasteiger partial charge >= 0.3 is 0 Å². The molecule has 0 aromatic carbocycles. The first-order valence-electron chi connectivity index (χ1n) is 40.2. The maximum absolute atomic E-state index is 14.2. The highest BCUT2D eigenvalue weighted by atomic mass is 35.5. The van der Waals surface area contributed by atoms with E-state index < -0.39 is 17.5 Å². The highest BCUT2D eigenvalue weighted by molar-refractivity contribution is 6.33. The van der Waals surface area contributed by atoms with Crippen molar-refractivity contribution in [3.63, 3.8) is 0 Å². The van der Waals surface area contributed by atoms with E-state index in [9.17, 15) is 37.1 Å². The van der Waals surface area contributed by atoms with Crippen LogP contribution in [0.25, 0.3) is 28.2 Å². The predicted molar refractivity (Wildman–Crippen MR) is 471 cm³/mol. The molecule has 0 unspecified atom stereocenters. The number of pyridine rings is 5. The van der Waals surface area contributed by atoms with Crippen LogP contribution in [0, 0.1) is 38.2 Å². The zero-order valence-corrected chi connectivity index (χ0v) is 70.3. The number of carbonyl (C=O) groups excluding carboxylic acids is 5. The molecule has 0 spiro atoms. The first-order valence-corrected chi connectivity index (χ1v) is 40.6. The number of halogens is 4. The second kappa shape index (κ2) is 38.2. The molecule has 20 bridgehead atoms. The number of aromatic nitrogens is 20. The third-order valence-electron chi connectivity index (χ3n) is 20.3. The van der Waals surface area contributed by atoms with Crippen LogP contribution in [-0.4, -0.2) is 195 Å². The van der Waals surface area contributed by atoms with Crippen LogP contribution in [0.2, 0.25) is 5.02 Å². The summed E-state index contributed by atoms with van der Waals surface area (Å²) in [5, 5.41) is 52.0. The molecule has 15 aromatic rings. The Hall–Kier alpha value is -15.7. The van der Waals surface area contributed by atoms with Gasteiger partial charge in [-0.05, 0) is 82.7 Å². The van der Waals surface area contributed by atoms with Crippen LogP contribution in [0.4, 0.5) is 100 Å². The molecular weight excluding hydrogens is 1680 g/mol. The normalized spacial score (nSPS) is 14.1. The Labute approximate surface area is 731 Å². The fraction of sp³-hybridized carbons (Fsp3) is 0.286. The summed E-state index contributed by atoms with van der Waals surface area (Å²) < 4.78 is 78.3. The molecular formula is C84H86ClF3N30O10. The quantitative estimate of drug-likeness (QED) is 0.0765. The van der Waals surface area contributed by atoms with Crippen LogP contribution in [0.1, 0.15) is 140 Å². The lowest BCUT2D eigenvalue weighted by molar-refractivity contribution is 0.0966. The van der Waals surface area contributed by atoms with Gasteiger partial charge in [-0.2, -0.15) is 73.0 Å². The molecule has 5 aliphatic heterocycles. The monoisotopic (exact) mass is 1770 g/mol. The van der Waals surface area contributed by atoms with Crippen LogP contribution in [-0.2, 0) is 0 Å². The molecule has 0 saturated heterocycles.